The lowest BCUT2D eigenvalue weighted by atomic mass is 9.33. The number of hydrogen-bond acceptors (Lipinski definition) is 6. The fourth-order valence-electron chi connectivity index (χ4n) is 14.7. The maximum absolute atomic E-state index is 14.1. The quantitative estimate of drug-likeness (QED) is 0.200. The third-order valence-electron chi connectivity index (χ3n) is 18.2. The van der Waals surface area contributed by atoms with Crippen LogP contribution >= 0.6 is 11.6 Å². The van der Waals surface area contributed by atoms with Crippen molar-refractivity contribution >= 4 is 41.1 Å². The molecule has 1 aromatic rings. The Morgan fingerprint density at radius 1 is 0.831 bits per heavy atom. The smallest absolute Gasteiger partial charge is 0.309 e. The Kier molecular flexibility index (Phi) is 11.2. The van der Waals surface area contributed by atoms with Crippen LogP contribution in [0, 0.1) is 68.0 Å². The summed E-state index contributed by atoms with van der Waals surface area (Å²) in [6.07, 6.45) is 8.50. The van der Waals surface area contributed by atoms with Crippen molar-refractivity contribution < 1.29 is 33.8 Å². The van der Waals surface area contributed by atoms with E-state index in [0.29, 0.717) is 35.3 Å². The van der Waals surface area contributed by atoms with Crippen LogP contribution in [-0.2, 0) is 23.9 Å². The van der Waals surface area contributed by atoms with Gasteiger partial charge < -0.3 is 20.5 Å². The molecule has 6 aliphatic carbocycles. The van der Waals surface area contributed by atoms with E-state index in [1.54, 1.807) is 24.3 Å². The minimum atomic E-state index is -0.841. The van der Waals surface area contributed by atoms with Crippen molar-refractivity contribution in [2.75, 3.05) is 6.54 Å². The van der Waals surface area contributed by atoms with Crippen LogP contribution in [0.25, 0.3) is 0 Å². The summed E-state index contributed by atoms with van der Waals surface area (Å²) in [5.41, 5.74) is 1.41. The molecule has 0 radical (unpaired) electrons. The molecule has 2 amide bonds. The number of benzene rings is 1. The van der Waals surface area contributed by atoms with Crippen molar-refractivity contribution in [2.24, 2.45) is 68.0 Å². The molecule has 324 valence electrons. The summed E-state index contributed by atoms with van der Waals surface area (Å²) in [5.74, 6) is -0.973. The zero-order chi connectivity index (χ0) is 43.2. The van der Waals surface area contributed by atoms with Crippen molar-refractivity contribution in [1.29, 1.82) is 0 Å². The lowest BCUT2D eigenvalue weighted by Gasteiger charge is -2.72. The molecule has 0 aromatic heterocycles. The fourth-order valence-corrected chi connectivity index (χ4v) is 14.9. The van der Waals surface area contributed by atoms with Crippen LogP contribution in [0.5, 0.6) is 0 Å². The number of amides is 2. The van der Waals surface area contributed by atoms with Gasteiger partial charge >= 0.3 is 11.9 Å². The first-order valence-corrected chi connectivity index (χ1v) is 22.8. The highest BCUT2D eigenvalue weighted by atomic mass is 35.5. The number of halogens is 1. The largest absolute Gasteiger partial charge is 0.481 e. The lowest BCUT2D eigenvalue weighted by Crippen LogP contribution is -2.66. The van der Waals surface area contributed by atoms with Gasteiger partial charge in [0, 0.05) is 46.8 Å². The molecule has 0 unspecified atom stereocenters. The zero-order valence-corrected chi connectivity index (χ0v) is 37.9. The summed E-state index contributed by atoms with van der Waals surface area (Å²) in [6.45, 7) is 22.4. The highest BCUT2D eigenvalue weighted by molar-refractivity contribution is 6.30. The molecular formula is C49H69ClN2O7. The first-order chi connectivity index (χ1) is 27.4. The number of carbonyl (C=O) groups excluding carboxylic acids is 4. The van der Waals surface area contributed by atoms with Crippen LogP contribution < -0.4 is 10.6 Å². The Balaban J connectivity index is 1.08. The van der Waals surface area contributed by atoms with E-state index in [1.807, 2.05) is 20.8 Å². The second-order valence-electron chi connectivity index (χ2n) is 22.1. The van der Waals surface area contributed by atoms with Crippen molar-refractivity contribution in [3.05, 3.63) is 46.0 Å². The third kappa shape index (κ3) is 6.90. The molecule has 0 bridgehead atoms. The Labute approximate surface area is 357 Å². The van der Waals surface area contributed by atoms with Gasteiger partial charge in [-0.05, 0) is 140 Å². The molecule has 0 spiro atoms. The Bertz CT molecular complexity index is 1940. The van der Waals surface area contributed by atoms with E-state index in [9.17, 15) is 29.1 Å². The number of hydrogen-bond donors (Lipinski definition) is 3. The lowest BCUT2D eigenvalue weighted by molar-refractivity contribution is -0.236. The standard InChI is InChI=1S/C49H69ClN2O7/c1-27(2)39-34(53)24-49(25-38(54)52-28(3)26-51-41(55)29-11-13-30(50)14-12-29)22-21-47(9)31(40(39)49)15-16-36-46(8)19-18-37(45(6,7)35(46)17-20-48(36,47)10)59-43(58)33-23-32(42(56)57)44(33,4)5/h11-14,27-28,31-33,35-37H,15-26H2,1-10H3,(H,51,55)(H,52,54)(H,56,57)/t28-,31+,32-,33+,35-,36+,37-,46-,47+,48+,49-/m0/s1. The average molecular weight is 834 g/mol. The van der Waals surface area contributed by atoms with Crippen molar-refractivity contribution in [3.63, 3.8) is 0 Å². The van der Waals surface area contributed by atoms with E-state index >= 15 is 0 Å². The second-order valence-corrected chi connectivity index (χ2v) is 22.6. The van der Waals surface area contributed by atoms with Gasteiger partial charge in [0.15, 0.2) is 5.78 Å². The minimum absolute atomic E-state index is 0.0223. The molecule has 0 saturated heterocycles. The van der Waals surface area contributed by atoms with Crippen LogP contribution in [0.3, 0.4) is 0 Å². The Hall–Kier alpha value is -3.20. The van der Waals surface area contributed by atoms with Crippen LogP contribution in [0.15, 0.2) is 35.4 Å². The normalized spacial score (nSPS) is 38.5. The number of rotatable bonds is 10. The van der Waals surface area contributed by atoms with Gasteiger partial charge in [0.1, 0.15) is 6.10 Å². The number of aliphatic carboxylic acids is 1. The van der Waals surface area contributed by atoms with Gasteiger partial charge in [0.25, 0.3) is 5.91 Å². The number of carboxylic acids is 1. The number of ketones is 1. The maximum atomic E-state index is 14.1. The van der Waals surface area contributed by atoms with Gasteiger partial charge in [0.05, 0.1) is 11.8 Å². The molecule has 6 aliphatic rings. The van der Waals surface area contributed by atoms with Crippen LogP contribution in [-0.4, -0.2) is 53.3 Å². The highest BCUT2D eigenvalue weighted by Gasteiger charge is 2.70. The van der Waals surface area contributed by atoms with E-state index in [1.165, 1.54) is 5.57 Å². The molecule has 5 saturated carbocycles. The predicted molar refractivity (Wildman–Crippen MR) is 228 cm³/mol. The number of nitrogens with one attached hydrogen (secondary N) is 2. The molecule has 0 aliphatic heterocycles. The fraction of sp³-hybridized carbons (Fsp3) is 0.735. The average Bonchev–Trinajstić information content (AvgIpc) is 3.43. The monoisotopic (exact) mass is 832 g/mol. The Morgan fingerprint density at radius 3 is 2.14 bits per heavy atom. The first kappa shape index (κ1) is 43.9. The molecule has 0 heterocycles. The number of ether oxygens (including phenoxy) is 1. The number of esters is 1. The van der Waals surface area contributed by atoms with E-state index in [-0.39, 0.29) is 82.2 Å². The van der Waals surface area contributed by atoms with E-state index < -0.39 is 28.6 Å². The topological polar surface area (TPSA) is 139 Å². The molecule has 5 fully saturated rings. The molecule has 7 rings (SSSR count). The molecule has 9 nitrogen and oxygen atoms in total. The Morgan fingerprint density at radius 2 is 1.51 bits per heavy atom. The van der Waals surface area contributed by atoms with E-state index in [2.05, 4.69) is 59.1 Å². The molecular weight excluding hydrogens is 764 g/mol. The van der Waals surface area contributed by atoms with Gasteiger partial charge in [-0.1, -0.05) is 79.5 Å². The summed E-state index contributed by atoms with van der Waals surface area (Å²) in [6, 6.07) is 6.42. The second kappa shape index (κ2) is 15.0. The zero-order valence-electron chi connectivity index (χ0n) is 37.2. The predicted octanol–water partition coefficient (Wildman–Crippen LogP) is 9.60. The van der Waals surface area contributed by atoms with Crippen LogP contribution in [0.4, 0.5) is 0 Å². The van der Waals surface area contributed by atoms with Gasteiger partial charge in [-0.15, -0.1) is 0 Å². The molecule has 1 aromatic carbocycles. The summed E-state index contributed by atoms with van der Waals surface area (Å²) in [7, 11) is 0. The number of carbonyl (C=O) groups is 5. The molecule has 10 heteroatoms. The summed E-state index contributed by atoms with van der Waals surface area (Å²) in [4.78, 5) is 66.3. The molecule has 3 N–H and O–H groups in total. The van der Waals surface area contributed by atoms with Crippen molar-refractivity contribution in [1.82, 2.24) is 10.6 Å². The number of Topliss-reactive ketones (excluding diaryl/α,β-unsaturated/α-hetero) is 1. The van der Waals surface area contributed by atoms with Gasteiger partial charge in [-0.2, -0.15) is 0 Å². The first-order valence-electron chi connectivity index (χ1n) is 22.5. The summed E-state index contributed by atoms with van der Waals surface area (Å²) >= 11 is 5.99. The van der Waals surface area contributed by atoms with Gasteiger partial charge in [-0.25, -0.2) is 0 Å². The van der Waals surface area contributed by atoms with Gasteiger partial charge in [0.2, 0.25) is 5.91 Å². The van der Waals surface area contributed by atoms with E-state index in [4.69, 9.17) is 16.3 Å². The molecule has 59 heavy (non-hydrogen) atoms. The summed E-state index contributed by atoms with van der Waals surface area (Å²) in [5, 5.41) is 16.3. The number of carboxylic acid groups (broad SMARTS) is 1. The number of allylic oxidation sites excluding steroid dienone is 2. The van der Waals surface area contributed by atoms with Crippen LogP contribution in [0.1, 0.15) is 150 Å². The highest BCUT2D eigenvalue weighted by Crippen LogP contribution is 2.77. The van der Waals surface area contributed by atoms with Gasteiger partial charge in [-0.3, -0.25) is 24.0 Å². The number of fused-ring (bicyclic) bond motifs is 7. The SMILES string of the molecule is CC(C)C1=C2[C@H]3CC[C@@H]4[C@@]5(C)CC[C@H](OC(=O)[C@H]6C[C@@H](C(=O)O)C6(C)C)C(C)(C)[C@@H]5CC[C@@]4(C)[C@]3(C)CC[C@@]2(CC(=O)N[C@@H](C)CNC(=O)c2ccc(Cl)cc2)CC1=O. The van der Waals surface area contributed by atoms with Crippen molar-refractivity contribution in [3.8, 4) is 0 Å². The van der Waals surface area contributed by atoms with Crippen molar-refractivity contribution in [2.45, 2.75) is 152 Å². The third-order valence-corrected chi connectivity index (χ3v) is 18.5. The van der Waals surface area contributed by atoms with E-state index in [0.717, 1.165) is 56.9 Å². The minimum Gasteiger partial charge on any atom is -0.481 e. The summed E-state index contributed by atoms with van der Waals surface area (Å²) < 4.78 is 6.41. The maximum Gasteiger partial charge on any atom is 0.309 e. The molecule has 11 atom stereocenters. The van der Waals surface area contributed by atoms with Crippen LogP contribution in [0.2, 0.25) is 5.02 Å².